The number of nitrogens with zero attached hydrogens (tertiary/aromatic N) is 5. The lowest BCUT2D eigenvalue weighted by atomic mass is 10.1. The summed E-state index contributed by atoms with van der Waals surface area (Å²) in [5.41, 5.74) is 1.72. The van der Waals surface area contributed by atoms with Crippen LogP contribution in [0.25, 0.3) is 0 Å². The number of nitro groups is 1. The van der Waals surface area contributed by atoms with Gasteiger partial charge in [-0.25, -0.2) is 0 Å². The number of hydrogen-bond acceptors (Lipinski definition) is 6. The van der Waals surface area contributed by atoms with Crippen LogP contribution in [-0.2, 0) is 7.05 Å². The topological polar surface area (TPSA) is 94.2 Å². The van der Waals surface area contributed by atoms with Gasteiger partial charge in [-0.1, -0.05) is 15.9 Å². The van der Waals surface area contributed by atoms with Crippen molar-refractivity contribution in [1.82, 2.24) is 14.8 Å². The van der Waals surface area contributed by atoms with Crippen molar-refractivity contribution in [2.75, 3.05) is 11.9 Å². The number of anilines is 1. The van der Waals surface area contributed by atoms with Crippen molar-refractivity contribution >= 4 is 45.0 Å². The second kappa shape index (κ2) is 8.11. The maximum absolute atomic E-state index is 12.9. The van der Waals surface area contributed by atoms with Crippen molar-refractivity contribution in [3.63, 3.8) is 0 Å². The Hall–Kier alpha value is -2.72. The van der Waals surface area contributed by atoms with E-state index in [-0.39, 0.29) is 17.2 Å². The average molecular weight is 462 g/mol. The molecule has 0 spiro atoms. The monoisotopic (exact) mass is 461 g/mol. The van der Waals surface area contributed by atoms with Gasteiger partial charge in [-0.3, -0.25) is 14.9 Å². The van der Waals surface area contributed by atoms with Crippen LogP contribution in [0.15, 0.2) is 57.3 Å². The van der Waals surface area contributed by atoms with Gasteiger partial charge in [0.25, 0.3) is 11.6 Å². The standard InChI is InChI=1S/C18H16BrN5O3S/c1-11-8-13(19)5-6-14(11)23(3)17(25)12-4-7-16(15(9-12)24(26)27)28-18-21-20-10-22(18)2/h4-10H,1-3H3. The number of aryl methyl sites for hydroxylation is 2. The van der Waals surface area contributed by atoms with Crippen molar-refractivity contribution in [2.45, 2.75) is 17.0 Å². The van der Waals surface area contributed by atoms with Crippen LogP contribution < -0.4 is 4.90 Å². The van der Waals surface area contributed by atoms with Gasteiger partial charge in [0.05, 0.1) is 9.82 Å². The molecule has 0 radical (unpaired) electrons. The van der Waals surface area contributed by atoms with E-state index < -0.39 is 4.92 Å². The molecule has 2 aromatic carbocycles. The maximum Gasteiger partial charge on any atom is 0.284 e. The number of nitro benzene ring substituents is 1. The van der Waals surface area contributed by atoms with Gasteiger partial charge in [-0.15, -0.1) is 10.2 Å². The van der Waals surface area contributed by atoms with E-state index in [2.05, 4.69) is 26.1 Å². The zero-order valence-electron chi connectivity index (χ0n) is 15.3. The molecule has 8 nitrogen and oxygen atoms in total. The Balaban J connectivity index is 1.93. The minimum absolute atomic E-state index is 0.153. The van der Waals surface area contributed by atoms with E-state index in [1.807, 2.05) is 25.1 Å². The third kappa shape index (κ3) is 4.07. The Bertz CT molecular complexity index is 1070. The largest absolute Gasteiger partial charge is 0.311 e. The first kappa shape index (κ1) is 20.0. The van der Waals surface area contributed by atoms with E-state index >= 15 is 0 Å². The van der Waals surface area contributed by atoms with Crippen LogP contribution in [0.5, 0.6) is 0 Å². The maximum atomic E-state index is 12.9. The van der Waals surface area contributed by atoms with Crippen LogP contribution in [0.1, 0.15) is 15.9 Å². The molecule has 0 N–H and O–H groups in total. The summed E-state index contributed by atoms with van der Waals surface area (Å²) in [6.07, 6.45) is 1.52. The molecule has 3 aromatic rings. The third-order valence-corrected chi connectivity index (χ3v) is 5.71. The fourth-order valence-corrected chi connectivity index (χ4v) is 3.97. The summed E-state index contributed by atoms with van der Waals surface area (Å²) >= 11 is 4.52. The van der Waals surface area contributed by atoms with Gasteiger partial charge in [0.1, 0.15) is 6.33 Å². The highest BCUT2D eigenvalue weighted by Gasteiger charge is 2.22. The Morgan fingerprint density at radius 2 is 2.04 bits per heavy atom. The molecule has 0 aliphatic carbocycles. The Morgan fingerprint density at radius 1 is 1.29 bits per heavy atom. The summed E-state index contributed by atoms with van der Waals surface area (Å²) in [6, 6.07) is 10.0. The molecule has 0 atom stereocenters. The van der Waals surface area contributed by atoms with Crippen molar-refractivity contribution in [3.8, 4) is 0 Å². The predicted molar refractivity (Wildman–Crippen MR) is 110 cm³/mol. The summed E-state index contributed by atoms with van der Waals surface area (Å²) in [4.78, 5) is 25.8. The van der Waals surface area contributed by atoms with Crippen LogP contribution in [0, 0.1) is 17.0 Å². The van der Waals surface area contributed by atoms with Gasteiger partial charge in [-0.05, 0) is 54.6 Å². The lowest BCUT2D eigenvalue weighted by Gasteiger charge is -2.20. The molecule has 0 saturated heterocycles. The normalized spacial score (nSPS) is 10.7. The predicted octanol–water partition coefficient (Wildman–Crippen LogP) is 4.22. The number of carbonyl (C=O) groups is 1. The molecule has 1 aromatic heterocycles. The first-order chi connectivity index (χ1) is 13.3. The third-order valence-electron chi connectivity index (χ3n) is 4.10. The molecule has 0 aliphatic heterocycles. The first-order valence-electron chi connectivity index (χ1n) is 8.12. The van der Waals surface area contributed by atoms with Crippen LogP contribution in [0.3, 0.4) is 0 Å². The smallest absolute Gasteiger partial charge is 0.284 e. The molecule has 0 bridgehead atoms. The molecule has 144 valence electrons. The quantitative estimate of drug-likeness (QED) is 0.416. The highest BCUT2D eigenvalue weighted by atomic mass is 79.9. The van der Waals surface area contributed by atoms with Gasteiger partial charge in [0.15, 0.2) is 5.16 Å². The first-order valence-corrected chi connectivity index (χ1v) is 9.73. The van der Waals surface area contributed by atoms with Crippen molar-refractivity contribution < 1.29 is 9.72 Å². The number of carbonyl (C=O) groups excluding carboxylic acids is 1. The minimum Gasteiger partial charge on any atom is -0.311 e. The molecular weight excluding hydrogens is 446 g/mol. The molecule has 1 heterocycles. The van der Waals surface area contributed by atoms with Gasteiger partial charge in [0, 0.05) is 35.9 Å². The van der Waals surface area contributed by atoms with Crippen LogP contribution in [0.2, 0.25) is 0 Å². The van der Waals surface area contributed by atoms with Crippen molar-refractivity contribution in [1.29, 1.82) is 0 Å². The van der Waals surface area contributed by atoms with Crippen LogP contribution in [-0.4, -0.2) is 32.6 Å². The Labute approximate surface area is 173 Å². The van der Waals surface area contributed by atoms with E-state index in [9.17, 15) is 14.9 Å². The lowest BCUT2D eigenvalue weighted by Crippen LogP contribution is -2.27. The molecule has 10 heteroatoms. The van der Waals surface area contributed by atoms with E-state index in [1.54, 1.807) is 30.8 Å². The van der Waals surface area contributed by atoms with E-state index in [4.69, 9.17) is 0 Å². The van der Waals surface area contributed by atoms with Gasteiger partial charge in [0.2, 0.25) is 0 Å². The molecule has 0 unspecified atom stereocenters. The van der Waals surface area contributed by atoms with Crippen molar-refractivity contribution in [3.05, 3.63) is 68.4 Å². The molecule has 28 heavy (non-hydrogen) atoms. The molecule has 1 amide bonds. The molecule has 0 fully saturated rings. The number of amides is 1. The number of benzene rings is 2. The van der Waals surface area contributed by atoms with Crippen LogP contribution >= 0.6 is 27.7 Å². The molecule has 0 aliphatic rings. The summed E-state index contributed by atoms with van der Waals surface area (Å²) < 4.78 is 2.58. The fourth-order valence-electron chi connectivity index (χ4n) is 2.64. The molecular formula is C18H16BrN5O3S. The van der Waals surface area contributed by atoms with E-state index in [0.29, 0.717) is 10.1 Å². The number of halogens is 1. The summed E-state index contributed by atoms with van der Waals surface area (Å²) in [5, 5.41) is 19.8. The van der Waals surface area contributed by atoms with E-state index in [0.717, 1.165) is 27.5 Å². The molecule has 3 rings (SSSR count). The zero-order valence-corrected chi connectivity index (χ0v) is 17.7. The zero-order chi connectivity index (χ0) is 20.4. The number of hydrogen-bond donors (Lipinski definition) is 0. The summed E-state index contributed by atoms with van der Waals surface area (Å²) in [6.45, 7) is 1.90. The summed E-state index contributed by atoms with van der Waals surface area (Å²) in [5.74, 6) is -0.330. The van der Waals surface area contributed by atoms with E-state index in [1.165, 1.54) is 17.3 Å². The number of aromatic nitrogens is 3. The van der Waals surface area contributed by atoms with Crippen LogP contribution in [0.4, 0.5) is 11.4 Å². The Morgan fingerprint density at radius 3 is 2.64 bits per heavy atom. The van der Waals surface area contributed by atoms with Gasteiger partial charge >= 0.3 is 0 Å². The second-order valence-corrected chi connectivity index (χ2v) is 7.99. The van der Waals surface area contributed by atoms with Gasteiger partial charge < -0.3 is 9.47 Å². The number of rotatable bonds is 5. The highest BCUT2D eigenvalue weighted by Crippen LogP contribution is 2.34. The highest BCUT2D eigenvalue weighted by molar-refractivity contribution is 9.10. The average Bonchev–Trinajstić information content (AvgIpc) is 3.05. The fraction of sp³-hybridized carbons (Fsp3) is 0.167. The Kier molecular flexibility index (Phi) is 5.80. The second-order valence-electron chi connectivity index (χ2n) is 6.06. The van der Waals surface area contributed by atoms with Gasteiger partial charge in [-0.2, -0.15) is 0 Å². The SMILES string of the molecule is Cc1cc(Br)ccc1N(C)C(=O)c1ccc(Sc2nncn2C)c([N+](=O)[O-])c1. The van der Waals surface area contributed by atoms with Crippen molar-refractivity contribution in [2.24, 2.45) is 7.05 Å². The lowest BCUT2D eigenvalue weighted by molar-refractivity contribution is -0.387. The molecule has 0 saturated carbocycles. The summed E-state index contributed by atoms with van der Waals surface area (Å²) in [7, 11) is 3.40. The minimum atomic E-state index is -0.500.